The van der Waals surface area contributed by atoms with Gasteiger partial charge in [-0.25, -0.2) is 0 Å². The van der Waals surface area contributed by atoms with Crippen LogP contribution in [0, 0.1) is 0 Å². The van der Waals surface area contributed by atoms with E-state index in [4.69, 9.17) is 0 Å². The third-order valence-corrected chi connectivity index (χ3v) is 16.2. The molecule has 73 heavy (non-hydrogen) atoms. The Morgan fingerprint density at radius 3 is 1.66 bits per heavy atom. The van der Waals surface area contributed by atoms with E-state index in [1.165, 1.54) is 69.5 Å². The van der Waals surface area contributed by atoms with Gasteiger partial charge in [0.25, 0.3) is 0 Å². The first-order chi connectivity index (χ1) is 35.6. The molecule has 352 valence electrons. The summed E-state index contributed by atoms with van der Waals surface area (Å²) < 4.78 is 2.51. The normalized spacial score (nSPS) is 12.8. The van der Waals surface area contributed by atoms with E-state index in [9.17, 15) is 0 Å². The third kappa shape index (κ3) is 7.64. The Balaban J connectivity index is 0.994. The van der Waals surface area contributed by atoms with Crippen LogP contribution in [0.3, 0.4) is 0 Å². The van der Waals surface area contributed by atoms with Gasteiger partial charge in [0.1, 0.15) is 0 Å². The van der Waals surface area contributed by atoms with Crippen LogP contribution < -0.4 is 14.7 Å². The fourth-order valence-corrected chi connectivity index (χ4v) is 12.5. The smallest absolute Gasteiger partial charge is 0.0561 e. The number of hydrogen-bond acceptors (Lipinski definition) is 4. The van der Waals surface area contributed by atoms with Crippen LogP contribution in [0.15, 0.2) is 243 Å². The number of benzene rings is 11. The van der Waals surface area contributed by atoms with E-state index in [0.29, 0.717) is 0 Å². The summed E-state index contributed by atoms with van der Waals surface area (Å²) in [6, 6.07) is 89.8. The summed E-state index contributed by atoms with van der Waals surface area (Å²) in [5.74, 6) is 0. The van der Waals surface area contributed by atoms with Gasteiger partial charge in [-0.05, 0) is 141 Å². The highest BCUT2D eigenvalue weighted by atomic mass is 32.1. The number of nitrogens with zero attached hydrogens (tertiary/aromatic N) is 3. The molecule has 4 heteroatoms. The maximum atomic E-state index is 2.50. The molecule has 11 aromatic carbocycles. The molecule has 12 aromatic rings. The zero-order valence-corrected chi connectivity index (χ0v) is 42.7. The highest BCUT2D eigenvalue weighted by Crippen LogP contribution is 2.52. The lowest BCUT2D eigenvalue weighted by Crippen LogP contribution is -2.17. The van der Waals surface area contributed by atoms with Crippen molar-refractivity contribution in [2.75, 3.05) is 14.7 Å². The van der Waals surface area contributed by atoms with Crippen molar-refractivity contribution in [1.82, 2.24) is 0 Å². The molecule has 0 radical (unpaired) electrons. The molecule has 1 aliphatic carbocycles. The summed E-state index contributed by atoms with van der Waals surface area (Å²) in [6.07, 6.45) is 0. The van der Waals surface area contributed by atoms with Crippen LogP contribution in [0.4, 0.5) is 51.2 Å². The first-order valence-corrected chi connectivity index (χ1v) is 26.2. The lowest BCUT2D eigenvalue weighted by atomic mass is 9.82. The largest absolute Gasteiger partial charge is 0.310 e. The van der Waals surface area contributed by atoms with Crippen LogP contribution in [0.25, 0.3) is 52.8 Å². The van der Waals surface area contributed by atoms with Gasteiger partial charge in [0.05, 0.1) is 11.4 Å². The van der Waals surface area contributed by atoms with Gasteiger partial charge in [0.2, 0.25) is 0 Å². The molecule has 0 saturated carbocycles. The third-order valence-electron chi connectivity index (χ3n) is 15.1. The monoisotopic (exact) mass is 957 g/mol. The molecule has 1 aromatic heterocycles. The van der Waals surface area contributed by atoms with Crippen molar-refractivity contribution in [3.63, 3.8) is 0 Å². The van der Waals surface area contributed by atoms with E-state index >= 15 is 0 Å². The van der Waals surface area contributed by atoms with E-state index in [1.807, 2.05) is 11.3 Å². The van der Waals surface area contributed by atoms with Gasteiger partial charge in [-0.3, -0.25) is 0 Å². The van der Waals surface area contributed by atoms with E-state index in [1.54, 1.807) is 0 Å². The van der Waals surface area contributed by atoms with Gasteiger partial charge in [-0.2, -0.15) is 0 Å². The number of rotatable bonds is 9. The van der Waals surface area contributed by atoms with E-state index in [0.717, 1.165) is 51.2 Å². The zero-order chi connectivity index (χ0) is 49.4. The molecular weight excluding hydrogens is 903 g/mol. The average Bonchev–Trinajstić information content (AvgIpc) is 3.89. The molecule has 0 saturated heterocycles. The van der Waals surface area contributed by atoms with Gasteiger partial charge in [0, 0.05) is 76.2 Å². The molecule has 0 aliphatic heterocycles. The molecule has 0 N–H and O–H groups in total. The number of para-hydroxylation sites is 2. The number of thiophene rings is 1. The summed E-state index contributed by atoms with van der Waals surface area (Å²) in [7, 11) is 0. The summed E-state index contributed by atoms with van der Waals surface area (Å²) in [6.45, 7) is 11.6. The molecule has 3 nitrogen and oxygen atoms in total. The van der Waals surface area contributed by atoms with Crippen LogP contribution in [-0.4, -0.2) is 0 Å². The van der Waals surface area contributed by atoms with Gasteiger partial charge in [-0.1, -0.05) is 180 Å². The maximum Gasteiger partial charge on any atom is 0.0561 e. The Labute approximate surface area is 432 Å². The van der Waals surface area contributed by atoms with Crippen molar-refractivity contribution >= 4 is 104 Å². The van der Waals surface area contributed by atoms with E-state index in [-0.39, 0.29) is 10.8 Å². The molecule has 1 aliphatic rings. The highest BCUT2D eigenvalue weighted by Gasteiger charge is 2.36. The van der Waals surface area contributed by atoms with Crippen LogP contribution in [0.5, 0.6) is 0 Å². The molecule has 0 amide bonds. The molecule has 0 spiro atoms. The summed E-state index contributed by atoms with van der Waals surface area (Å²) in [4.78, 5) is 7.34. The van der Waals surface area contributed by atoms with Gasteiger partial charge >= 0.3 is 0 Å². The van der Waals surface area contributed by atoms with E-state index in [2.05, 4.69) is 292 Å². The number of fused-ring (bicyclic) bond motifs is 8. The molecule has 0 atom stereocenters. The Morgan fingerprint density at radius 1 is 0.329 bits per heavy atom. The molecular formula is C69H55N3S. The van der Waals surface area contributed by atoms with Crippen molar-refractivity contribution in [3.05, 3.63) is 259 Å². The summed E-state index contributed by atoms with van der Waals surface area (Å²) >= 11 is 1.87. The minimum Gasteiger partial charge on any atom is -0.310 e. The Morgan fingerprint density at radius 2 is 0.890 bits per heavy atom. The highest BCUT2D eigenvalue weighted by molar-refractivity contribution is 7.25. The molecule has 0 unspecified atom stereocenters. The second kappa shape index (κ2) is 17.4. The predicted octanol–water partition coefficient (Wildman–Crippen LogP) is 20.4. The fraction of sp³-hybridized carbons (Fsp3) is 0.101. The first-order valence-electron chi connectivity index (χ1n) is 25.4. The lowest BCUT2D eigenvalue weighted by Gasteiger charge is -2.31. The fourth-order valence-electron chi connectivity index (χ4n) is 11.4. The van der Waals surface area contributed by atoms with Crippen molar-refractivity contribution in [2.45, 2.75) is 45.4 Å². The molecule has 0 bridgehead atoms. The van der Waals surface area contributed by atoms with Gasteiger partial charge < -0.3 is 14.7 Å². The SMILES string of the molecule is CC(C)(C)c1cccc(N(c2ccc3c(c2)C(C)(C)c2ccccc2-3)c2ccc3c(c2)sc2ccc(N(c4cccc5ccccc45)c4cc(N(c5ccccc5)c5ccccc5)cc5ccccc45)cc23)c1. The van der Waals surface area contributed by atoms with Crippen LogP contribution in [-0.2, 0) is 10.8 Å². The minimum absolute atomic E-state index is 0.00686. The standard InChI is InChI=1S/C69H55N3S/c1-68(2,3)48-23-19-28-51(41-48)71(53-34-37-59-58-31-16-17-32-62(58)69(4,5)63(59)43-53)54-35-38-60-61-42-52(36-39-66(61)73-67(60)45-54)72(64-33-18-22-46-20-12-14-29-56(46)64)65-44-55(40-47-21-13-15-30-57(47)65)70(49-24-8-6-9-25-49)50-26-10-7-11-27-50/h6-45H,1-5H3. The second-order valence-corrected chi connectivity index (χ2v) is 22.1. The number of hydrogen-bond donors (Lipinski definition) is 0. The average molecular weight is 958 g/mol. The van der Waals surface area contributed by atoms with Crippen molar-refractivity contribution in [3.8, 4) is 11.1 Å². The lowest BCUT2D eigenvalue weighted by molar-refractivity contribution is 0.590. The number of anilines is 9. The van der Waals surface area contributed by atoms with Gasteiger partial charge in [0.15, 0.2) is 0 Å². The molecule has 13 rings (SSSR count). The summed E-state index contributed by atoms with van der Waals surface area (Å²) in [5, 5.41) is 7.22. The molecule has 1 heterocycles. The minimum atomic E-state index is -0.120. The zero-order valence-electron chi connectivity index (χ0n) is 41.8. The predicted molar refractivity (Wildman–Crippen MR) is 315 cm³/mol. The quantitative estimate of drug-likeness (QED) is 0.143. The first kappa shape index (κ1) is 44.5. The van der Waals surface area contributed by atoms with Crippen molar-refractivity contribution in [1.29, 1.82) is 0 Å². The van der Waals surface area contributed by atoms with Crippen LogP contribution in [0.1, 0.15) is 51.3 Å². The van der Waals surface area contributed by atoms with Gasteiger partial charge in [-0.15, -0.1) is 11.3 Å². The van der Waals surface area contributed by atoms with Crippen molar-refractivity contribution in [2.24, 2.45) is 0 Å². The summed E-state index contributed by atoms with van der Waals surface area (Å²) in [5.41, 5.74) is 16.7. The van der Waals surface area contributed by atoms with Crippen LogP contribution in [0.2, 0.25) is 0 Å². The molecule has 0 fully saturated rings. The Bertz CT molecular complexity index is 4020. The topological polar surface area (TPSA) is 9.72 Å². The van der Waals surface area contributed by atoms with Crippen molar-refractivity contribution < 1.29 is 0 Å². The van der Waals surface area contributed by atoms with E-state index < -0.39 is 0 Å². The second-order valence-electron chi connectivity index (χ2n) is 21.0. The van der Waals surface area contributed by atoms with Crippen LogP contribution >= 0.6 is 11.3 Å². The Hall–Kier alpha value is -8.44. The maximum absolute atomic E-state index is 2.50. The Kier molecular flexibility index (Phi) is 10.6.